The number of carbonyl (C=O) groups is 1. The first-order valence-corrected chi connectivity index (χ1v) is 6.39. The molecule has 0 saturated carbocycles. The molecule has 0 aromatic rings. The molecule has 0 amide bonds. The molecule has 0 aliphatic heterocycles. The highest BCUT2D eigenvalue weighted by molar-refractivity contribution is 6.70. The minimum Gasteiger partial charge on any atom is -0.468 e. The Labute approximate surface area is 61.6 Å². The summed E-state index contributed by atoms with van der Waals surface area (Å²) in [5, 5.41) is 0. The third-order valence-corrected chi connectivity index (χ3v) is 2.64. The zero-order valence-corrected chi connectivity index (χ0v) is 7.39. The van der Waals surface area contributed by atoms with E-state index in [1.54, 1.807) is 13.1 Å². The highest BCUT2D eigenvalue weighted by Crippen LogP contribution is 2.12. The fraction of sp³-hybridized carbons (Fsp3) is 0.833. The number of carbonyl (C=O) groups excluding carboxylic acids is 1. The molecular formula is C6H13FO2Si. The Morgan fingerprint density at radius 3 is 2.60 bits per heavy atom. The third-order valence-electron chi connectivity index (χ3n) is 1.10. The predicted molar refractivity (Wildman–Crippen MR) is 40.0 cm³/mol. The molecule has 0 aromatic carbocycles. The molecule has 0 atom stereocenters. The monoisotopic (exact) mass is 164 g/mol. The van der Waals surface area contributed by atoms with Gasteiger partial charge in [-0.3, -0.25) is 4.79 Å². The van der Waals surface area contributed by atoms with Crippen LogP contribution in [0.2, 0.25) is 19.1 Å². The van der Waals surface area contributed by atoms with E-state index < -0.39 is 8.41 Å². The summed E-state index contributed by atoms with van der Waals surface area (Å²) in [5.41, 5.74) is 0. The van der Waals surface area contributed by atoms with Gasteiger partial charge in [0.2, 0.25) is 8.41 Å². The number of hydrogen-bond donors (Lipinski definition) is 0. The topological polar surface area (TPSA) is 26.3 Å². The lowest BCUT2D eigenvalue weighted by atomic mass is 10.5. The van der Waals surface area contributed by atoms with Crippen LogP contribution in [0.3, 0.4) is 0 Å². The maximum Gasteiger partial charge on any atom is 0.293 e. The molecule has 0 bridgehead atoms. The van der Waals surface area contributed by atoms with Gasteiger partial charge >= 0.3 is 0 Å². The molecule has 0 aliphatic carbocycles. The number of halogens is 1. The number of hydrogen-bond acceptors (Lipinski definition) is 2. The van der Waals surface area contributed by atoms with Crippen molar-refractivity contribution in [3.05, 3.63) is 0 Å². The van der Waals surface area contributed by atoms with Crippen molar-refractivity contribution >= 4 is 14.9 Å². The van der Waals surface area contributed by atoms with Crippen LogP contribution in [-0.4, -0.2) is 21.5 Å². The highest BCUT2D eigenvalue weighted by Gasteiger charge is 2.18. The summed E-state index contributed by atoms with van der Waals surface area (Å²) in [6, 6.07) is 0.570. The molecule has 0 rings (SSSR count). The van der Waals surface area contributed by atoms with Crippen molar-refractivity contribution in [1.82, 2.24) is 0 Å². The Morgan fingerprint density at radius 2 is 2.20 bits per heavy atom. The minimum atomic E-state index is -2.40. The molecule has 0 unspecified atom stereocenters. The van der Waals surface area contributed by atoms with Crippen molar-refractivity contribution in [2.24, 2.45) is 0 Å². The smallest absolute Gasteiger partial charge is 0.293 e. The van der Waals surface area contributed by atoms with Gasteiger partial charge in [-0.15, -0.1) is 0 Å². The summed E-state index contributed by atoms with van der Waals surface area (Å²) in [6.07, 6.45) is 0.647. The van der Waals surface area contributed by atoms with Gasteiger partial charge in [0.05, 0.1) is 6.61 Å². The second-order valence-corrected chi connectivity index (χ2v) is 6.73. The van der Waals surface area contributed by atoms with Crippen LogP contribution in [0, 0.1) is 0 Å². The summed E-state index contributed by atoms with van der Waals surface area (Å²) < 4.78 is 17.2. The molecule has 0 N–H and O–H groups in total. The van der Waals surface area contributed by atoms with E-state index >= 15 is 0 Å². The van der Waals surface area contributed by atoms with Crippen molar-refractivity contribution in [2.75, 3.05) is 6.61 Å². The third kappa shape index (κ3) is 7.62. The molecule has 0 heterocycles. The van der Waals surface area contributed by atoms with Crippen LogP contribution in [0.5, 0.6) is 0 Å². The zero-order valence-electron chi connectivity index (χ0n) is 6.39. The molecule has 0 saturated heterocycles. The summed E-state index contributed by atoms with van der Waals surface area (Å²) in [7, 11) is -2.40. The average molecular weight is 164 g/mol. The molecule has 0 aromatic heterocycles. The van der Waals surface area contributed by atoms with Gasteiger partial charge in [-0.2, -0.15) is 0 Å². The molecule has 10 heavy (non-hydrogen) atoms. The Kier molecular flexibility index (Phi) is 4.27. The van der Waals surface area contributed by atoms with Crippen LogP contribution in [-0.2, 0) is 9.53 Å². The van der Waals surface area contributed by atoms with Gasteiger partial charge in [0, 0.05) is 0 Å². The molecular weight excluding hydrogens is 151 g/mol. The van der Waals surface area contributed by atoms with Gasteiger partial charge in [-0.25, -0.2) is 0 Å². The van der Waals surface area contributed by atoms with Gasteiger partial charge in [0.1, 0.15) is 0 Å². The Hall–Kier alpha value is -0.383. The summed E-state index contributed by atoms with van der Waals surface area (Å²) in [6.45, 7) is 4.04. The van der Waals surface area contributed by atoms with Crippen molar-refractivity contribution < 1.29 is 13.6 Å². The Bertz CT molecular complexity index is 100. The van der Waals surface area contributed by atoms with Crippen LogP contribution in [0.1, 0.15) is 6.42 Å². The Balaban J connectivity index is 3.12. The van der Waals surface area contributed by atoms with Gasteiger partial charge in [0.25, 0.3) is 6.47 Å². The largest absolute Gasteiger partial charge is 0.468 e. The lowest BCUT2D eigenvalue weighted by molar-refractivity contribution is -0.128. The second kappa shape index (κ2) is 4.44. The fourth-order valence-electron chi connectivity index (χ4n) is 0.624. The van der Waals surface area contributed by atoms with Gasteiger partial charge in [-0.05, 0) is 25.6 Å². The van der Waals surface area contributed by atoms with Gasteiger partial charge in [0.15, 0.2) is 0 Å². The first-order valence-electron chi connectivity index (χ1n) is 3.30. The second-order valence-electron chi connectivity index (χ2n) is 2.79. The SMILES string of the molecule is C[Si](C)(F)CCCOC=O. The van der Waals surface area contributed by atoms with E-state index in [0.717, 1.165) is 0 Å². The van der Waals surface area contributed by atoms with E-state index in [1.807, 2.05) is 0 Å². The molecule has 4 heteroatoms. The first-order chi connectivity index (χ1) is 4.56. The first kappa shape index (κ1) is 9.62. The maximum absolute atomic E-state index is 12.8. The highest BCUT2D eigenvalue weighted by atomic mass is 28.4. The van der Waals surface area contributed by atoms with Gasteiger partial charge in [-0.1, -0.05) is 0 Å². The minimum absolute atomic E-state index is 0.351. The summed E-state index contributed by atoms with van der Waals surface area (Å²) in [5.74, 6) is 0. The van der Waals surface area contributed by atoms with Crippen molar-refractivity contribution in [3.8, 4) is 0 Å². The lowest BCUT2D eigenvalue weighted by Gasteiger charge is -2.08. The van der Waals surface area contributed by atoms with Crippen molar-refractivity contribution in [2.45, 2.75) is 25.6 Å². The molecule has 2 nitrogen and oxygen atoms in total. The molecule has 0 radical (unpaired) electrons. The van der Waals surface area contributed by atoms with E-state index in [9.17, 15) is 8.90 Å². The van der Waals surface area contributed by atoms with E-state index in [2.05, 4.69) is 4.74 Å². The summed E-state index contributed by atoms with van der Waals surface area (Å²) >= 11 is 0. The van der Waals surface area contributed by atoms with Crippen LogP contribution in [0.25, 0.3) is 0 Å². The van der Waals surface area contributed by atoms with Crippen molar-refractivity contribution in [3.63, 3.8) is 0 Å². The standard InChI is InChI=1S/C6H13FO2Si/c1-10(2,7)5-3-4-9-6-8/h6H,3-5H2,1-2H3. The number of ether oxygens (including phenoxy) is 1. The quantitative estimate of drug-likeness (QED) is 0.268. The molecule has 0 aliphatic rings. The zero-order chi connectivity index (χ0) is 8.04. The van der Waals surface area contributed by atoms with Crippen LogP contribution < -0.4 is 0 Å². The summed E-state index contributed by atoms with van der Waals surface area (Å²) in [4.78, 5) is 9.62. The average Bonchev–Trinajstić information content (AvgIpc) is 1.78. The maximum atomic E-state index is 12.8. The molecule has 60 valence electrons. The lowest BCUT2D eigenvalue weighted by Crippen LogP contribution is -2.17. The normalized spacial score (nSPS) is 11.1. The van der Waals surface area contributed by atoms with Crippen molar-refractivity contribution in [1.29, 1.82) is 0 Å². The number of rotatable bonds is 5. The van der Waals surface area contributed by atoms with Crippen LogP contribution >= 0.6 is 0 Å². The Morgan fingerprint density at radius 1 is 1.60 bits per heavy atom. The van der Waals surface area contributed by atoms with E-state index in [0.29, 0.717) is 25.5 Å². The fourth-order valence-corrected chi connectivity index (χ4v) is 1.61. The van der Waals surface area contributed by atoms with E-state index in [1.165, 1.54) is 0 Å². The predicted octanol–water partition coefficient (Wildman–Crippen LogP) is 1.72. The molecule has 0 spiro atoms. The van der Waals surface area contributed by atoms with Gasteiger partial charge < -0.3 is 8.84 Å². The van der Waals surface area contributed by atoms with E-state index in [4.69, 9.17) is 0 Å². The van der Waals surface area contributed by atoms with E-state index in [-0.39, 0.29) is 0 Å². The van der Waals surface area contributed by atoms with Crippen LogP contribution in [0.4, 0.5) is 4.11 Å². The molecule has 0 fully saturated rings. The van der Waals surface area contributed by atoms with Crippen LogP contribution in [0.15, 0.2) is 0 Å².